The molecule has 0 aliphatic heterocycles. The maximum absolute atomic E-state index is 5.60. The van der Waals surface area contributed by atoms with Crippen molar-refractivity contribution in [2.45, 2.75) is 33.3 Å². The summed E-state index contributed by atoms with van der Waals surface area (Å²) in [7, 11) is 0. The molecular weight excluding hydrogens is 216 g/mol. The molecule has 0 spiro atoms. The molecule has 0 fully saturated rings. The summed E-state index contributed by atoms with van der Waals surface area (Å²) in [6.07, 6.45) is 0. The molecule has 0 unspecified atom stereocenters. The van der Waals surface area contributed by atoms with Crippen molar-refractivity contribution in [1.29, 1.82) is 0 Å². The van der Waals surface area contributed by atoms with Crippen LogP contribution in [0.3, 0.4) is 0 Å². The topological polar surface area (TPSA) is 48.2 Å². The van der Waals surface area contributed by atoms with Crippen LogP contribution in [0, 0.1) is 6.92 Å². The van der Waals surface area contributed by atoms with Crippen LogP contribution in [0.5, 0.6) is 5.75 Å². The molecular formula is C13H16N2O2. The molecule has 90 valence electrons. The van der Waals surface area contributed by atoms with E-state index in [0.717, 1.165) is 5.75 Å². The summed E-state index contributed by atoms with van der Waals surface area (Å²) < 4.78 is 10.8. The van der Waals surface area contributed by atoms with Crippen molar-refractivity contribution in [1.82, 2.24) is 10.2 Å². The summed E-state index contributed by atoms with van der Waals surface area (Å²) in [5.74, 6) is 2.37. The predicted molar refractivity (Wildman–Crippen MR) is 63.9 cm³/mol. The molecule has 0 bridgehead atoms. The minimum Gasteiger partial charge on any atom is -0.484 e. The predicted octanol–water partition coefficient (Wildman–Crippen LogP) is 3.08. The number of hydrogen-bond acceptors (Lipinski definition) is 4. The van der Waals surface area contributed by atoms with Gasteiger partial charge in [0.05, 0.1) is 0 Å². The zero-order valence-corrected chi connectivity index (χ0v) is 10.3. The lowest BCUT2D eigenvalue weighted by atomic mass is 10.0. The fourth-order valence-corrected chi connectivity index (χ4v) is 1.50. The lowest BCUT2D eigenvalue weighted by molar-refractivity contribution is 0.260. The standard InChI is InChI=1S/C13H16N2O2/c1-9(2)11-5-4-6-12(7-11)16-8-13-15-14-10(3)17-13/h4-7,9H,8H2,1-3H3. The number of nitrogens with zero attached hydrogens (tertiary/aromatic N) is 2. The molecule has 1 aromatic carbocycles. The Morgan fingerprint density at radius 3 is 2.76 bits per heavy atom. The zero-order chi connectivity index (χ0) is 12.3. The number of ether oxygens (including phenoxy) is 1. The zero-order valence-electron chi connectivity index (χ0n) is 10.3. The molecule has 2 aromatic rings. The maximum atomic E-state index is 5.60. The van der Waals surface area contributed by atoms with Crippen LogP contribution < -0.4 is 4.74 Å². The third kappa shape index (κ3) is 3.06. The van der Waals surface area contributed by atoms with Gasteiger partial charge in [-0.25, -0.2) is 0 Å². The Bertz CT molecular complexity index is 492. The van der Waals surface area contributed by atoms with Gasteiger partial charge in [-0.2, -0.15) is 0 Å². The molecule has 0 atom stereocenters. The van der Waals surface area contributed by atoms with Gasteiger partial charge in [0, 0.05) is 6.92 Å². The molecule has 0 amide bonds. The van der Waals surface area contributed by atoms with E-state index in [1.54, 1.807) is 6.92 Å². The Hall–Kier alpha value is -1.84. The third-order valence-corrected chi connectivity index (χ3v) is 2.45. The van der Waals surface area contributed by atoms with Crippen LogP contribution in [0.15, 0.2) is 28.7 Å². The Balaban J connectivity index is 2.01. The van der Waals surface area contributed by atoms with Crippen LogP contribution in [0.1, 0.15) is 37.1 Å². The number of hydrogen-bond donors (Lipinski definition) is 0. The monoisotopic (exact) mass is 232 g/mol. The first kappa shape index (κ1) is 11.6. The average Bonchev–Trinajstić information content (AvgIpc) is 2.73. The summed E-state index contributed by atoms with van der Waals surface area (Å²) in [5.41, 5.74) is 1.25. The SMILES string of the molecule is Cc1nnc(COc2cccc(C(C)C)c2)o1. The van der Waals surface area contributed by atoms with Gasteiger partial charge in [-0.15, -0.1) is 10.2 Å². The van der Waals surface area contributed by atoms with Crippen molar-refractivity contribution in [3.8, 4) is 5.75 Å². The molecule has 0 radical (unpaired) electrons. The van der Waals surface area contributed by atoms with E-state index in [1.165, 1.54) is 5.56 Å². The molecule has 1 aromatic heterocycles. The van der Waals surface area contributed by atoms with Gasteiger partial charge in [0.1, 0.15) is 5.75 Å². The summed E-state index contributed by atoms with van der Waals surface area (Å²) in [4.78, 5) is 0. The minimum atomic E-state index is 0.308. The first-order chi connectivity index (χ1) is 8.15. The average molecular weight is 232 g/mol. The van der Waals surface area contributed by atoms with Gasteiger partial charge in [-0.05, 0) is 23.6 Å². The Morgan fingerprint density at radius 2 is 2.12 bits per heavy atom. The summed E-state index contributed by atoms with van der Waals surface area (Å²) in [6.45, 7) is 6.37. The van der Waals surface area contributed by atoms with E-state index in [4.69, 9.17) is 9.15 Å². The second-order valence-electron chi connectivity index (χ2n) is 4.23. The highest BCUT2D eigenvalue weighted by Crippen LogP contribution is 2.20. The van der Waals surface area contributed by atoms with Crippen LogP contribution in [-0.2, 0) is 6.61 Å². The molecule has 1 heterocycles. The highest BCUT2D eigenvalue weighted by Gasteiger charge is 2.04. The second kappa shape index (κ2) is 4.99. The number of benzene rings is 1. The second-order valence-corrected chi connectivity index (χ2v) is 4.23. The van der Waals surface area contributed by atoms with E-state index in [9.17, 15) is 0 Å². The van der Waals surface area contributed by atoms with Crippen molar-refractivity contribution >= 4 is 0 Å². The highest BCUT2D eigenvalue weighted by molar-refractivity contribution is 5.30. The molecule has 0 saturated heterocycles. The molecule has 0 aliphatic rings. The molecule has 0 aliphatic carbocycles. The highest BCUT2D eigenvalue weighted by atomic mass is 16.5. The van der Waals surface area contributed by atoms with Gasteiger partial charge in [0.25, 0.3) is 5.89 Å². The third-order valence-electron chi connectivity index (χ3n) is 2.45. The van der Waals surface area contributed by atoms with Crippen molar-refractivity contribution in [2.75, 3.05) is 0 Å². The van der Waals surface area contributed by atoms with Gasteiger partial charge in [-0.1, -0.05) is 26.0 Å². The fraction of sp³-hybridized carbons (Fsp3) is 0.385. The molecule has 17 heavy (non-hydrogen) atoms. The molecule has 0 N–H and O–H groups in total. The van der Waals surface area contributed by atoms with Crippen LogP contribution in [0.4, 0.5) is 0 Å². The van der Waals surface area contributed by atoms with E-state index < -0.39 is 0 Å². The quantitative estimate of drug-likeness (QED) is 0.812. The minimum absolute atomic E-state index is 0.308. The largest absolute Gasteiger partial charge is 0.484 e. The van der Waals surface area contributed by atoms with Crippen LogP contribution in [-0.4, -0.2) is 10.2 Å². The Kier molecular flexibility index (Phi) is 3.42. The Morgan fingerprint density at radius 1 is 1.29 bits per heavy atom. The number of aryl methyl sites for hydroxylation is 1. The Labute approximate surface area is 101 Å². The van der Waals surface area contributed by atoms with Crippen LogP contribution in [0.2, 0.25) is 0 Å². The summed E-state index contributed by atoms with van der Waals surface area (Å²) >= 11 is 0. The smallest absolute Gasteiger partial charge is 0.253 e. The first-order valence-corrected chi connectivity index (χ1v) is 5.67. The van der Waals surface area contributed by atoms with E-state index in [-0.39, 0.29) is 0 Å². The van der Waals surface area contributed by atoms with Crippen molar-refractivity contribution in [3.05, 3.63) is 41.6 Å². The van der Waals surface area contributed by atoms with E-state index >= 15 is 0 Å². The summed E-state index contributed by atoms with van der Waals surface area (Å²) in [6, 6.07) is 8.04. The number of rotatable bonds is 4. The van der Waals surface area contributed by atoms with Crippen molar-refractivity contribution in [3.63, 3.8) is 0 Å². The lowest BCUT2D eigenvalue weighted by Crippen LogP contribution is -1.97. The van der Waals surface area contributed by atoms with Crippen molar-refractivity contribution in [2.24, 2.45) is 0 Å². The van der Waals surface area contributed by atoms with E-state index in [0.29, 0.717) is 24.3 Å². The van der Waals surface area contributed by atoms with Gasteiger partial charge in [0.2, 0.25) is 5.89 Å². The normalized spacial score (nSPS) is 10.8. The molecule has 0 saturated carbocycles. The first-order valence-electron chi connectivity index (χ1n) is 5.67. The van der Waals surface area contributed by atoms with Crippen LogP contribution in [0.25, 0.3) is 0 Å². The summed E-state index contributed by atoms with van der Waals surface area (Å²) in [5, 5.41) is 7.62. The molecule has 2 rings (SSSR count). The van der Waals surface area contributed by atoms with E-state index in [2.05, 4.69) is 30.1 Å². The fourth-order valence-electron chi connectivity index (χ4n) is 1.50. The lowest BCUT2D eigenvalue weighted by Gasteiger charge is -2.08. The van der Waals surface area contributed by atoms with Crippen molar-refractivity contribution < 1.29 is 9.15 Å². The molecule has 4 heteroatoms. The number of aromatic nitrogens is 2. The van der Waals surface area contributed by atoms with Gasteiger partial charge >= 0.3 is 0 Å². The van der Waals surface area contributed by atoms with E-state index in [1.807, 2.05) is 18.2 Å². The van der Waals surface area contributed by atoms with Gasteiger partial charge < -0.3 is 9.15 Å². The van der Waals surface area contributed by atoms with Gasteiger partial charge in [0.15, 0.2) is 6.61 Å². The van der Waals surface area contributed by atoms with Gasteiger partial charge in [-0.3, -0.25) is 0 Å². The maximum Gasteiger partial charge on any atom is 0.253 e. The molecule has 4 nitrogen and oxygen atoms in total. The van der Waals surface area contributed by atoms with Crippen LogP contribution >= 0.6 is 0 Å².